The van der Waals surface area contributed by atoms with Gasteiger partial charge in [0.15, 0.2) is 0 Å². The van der Waals surface area contributed by atoms with Crippen molar-refractivity contribution in [1.82, 2.24) is 5.32 Å². The van der Waals surface area contributed by atoms with Gasteiger partial charge in [0.25, 0.3) is 5.91 Å². The van der Waals surface area contributed by atoms with Crippen molar-refractivity contribution in [2.75, 3.05) is 0 Å². The number of carbonyl (C=O) groups is 2. The Hall–Kier alpha value is -1.96. The van der Waals surface area contributed by atoms with Gasteiger partial charge in [-0.3, -0.25) is 19.7 Å². The Morgan fingerprint density at radius 3 is 2.57 bits per heavy atom. The van der Waals surface area contributed by atoms with Crippen molar-refractivity contribution in [2.45, 2.75) is 44.1 Å². The Morgan fingerprint density at radius 1 is 1.38 bits per heavy atom. The van der Waals surface area contributed by atoms with Gasteiger partial charge in [-0.2, -0.15) is 0 Å². The molecule has 0 radical (unpaired) electrons. The Kier molecular flexibility index (Phi) is 4.56. The third kappa shape index (κ3) is 3.78. The van der Waals surface area contributed by atoms with E-state index in [1.165, 1.54) is 11.4 Å². The molecule has 1 aromatic heterocycles. The number of carboxylic acid groups (broad SMARTS) is 1. The second-order valence-corrected chi connectivity index (χ2v) is 6.19. The lowest BCUT2D eigenvalue weighted by atomic mass is 9.79. The average Bonchev–Trinajstić information content (AvgIpc) is 2.88. The minimum Gasteiger partial charge on any atom is -0.481 e. The van der Waals surface area contributed by atoms with Crippen LogP contribution < -0.4 is 5.32 Å². The van der Waals surface area contributed by atoms with E-state index in [1.807, 2.05) is 0 Å². The third-order valence-corrected chi connectivity index (χ3v) is 4.59. The standard InChI is InChI=1S/C13H16N2O5S/c16-11(17)7-13(4-2-1-3-5-13)14-12(18)9-6-10(15(19)20)21-8-9/h6,8H,1-5,7H2,(H,14,18)(H,16,17). The second-order valence-electron chi connectivity index (χ2n) is 5.30. The minimum atomic E-state index is -0.950. The van der Waals surface area contributed by atoms with E-state index in [1.54, 1.807) is 0 Å². The molecule has 21 heavy (non-hydrogen) atoms. The molecule has 8 heteroatoms. The number of carboxylic acids is 1. The summed E-state index contributed by atoms with van der Waals surface area (Å²) < 4.78 is 0. The zero-order valence-electron chi connectivity index (χ0n) is 11.3. The van der Waals surface area contributed by atoms with Gasteiger partial charge in [0, 0.05) is 11.4 Å². The Morgan fingerprint density at radius 2 is 2.05 bits per heavy atom. The van der Waals surface area contributed by atoms with Gasteiger partial charge in [-0.25, -0.2) is 0 Å². The van der Waals surface area contributed by atoms with Crippen molar-refractivity contribution < 1.29 is 19.6 Å². The van der Waals surface area contributed by atoms with Crippen LogP contribution in [0, 0.1) is 10.1 Å². The normalized spacial score (nSPS) is 17.1. The number of nitrogens with one attached hydrogen (secondary N) is 1. The average molecular weight is 312 g/mol. The molecule has 1 saturated carbocycles. The predicted octanol–water partition coefficient (Wildman–Crippen LogP) is 2.56. The fourth-order valence-electron chi connectivity index (χ4n) is 2.72. The number of rotatable bonds is 5. The molecule has 0 unspecified atom stereocenters. The molecule has 0 spiro atoms. The van der Waals surface area contributed by atoms with E-state index in [0.717, 1.165) is 30.6 Å². The largest absolute Gasteiger partial charge is 0.481 e. The molecule has 2 rings (SSSR count). The number of thiophene rings is 1. The van der Waals surface area contributed by atoms with Gasteiger partial charge in [0.2, 0.25) is 0 Å². The number of hydrogen-bond donors (Lipinski definition) is 2. The van der Waals surface area contributed by atoms with E-state index in [0.29, 0.717) is 12.8 Å². The fourth-order valence-corrected chi connectivity index (χ4v) is 3.42. The van der Waals surface area contributed by atoms with Gasteiger partial charge in [0.1, 0.15) is 0 Å². The quantitative estimate of drug-likeness (QED) is 0.641. The molecule has 1 aromatic rings. The molecular formula is C13H16N2O5S. The highest BCUT2D eigenvalue weighted by atomic mass is 32.1. The molecule has 0 bridgehead atoms. The molecule has 1 fully saturated rings. The van der Waals surface area contributed by atoms with Crippen molar-refractivity contribution in [3.8, 4) is 0 Å². The summed E-state index contributed by atoms with van der Waals surface area (Å²) in [6.45, 7) is 0. The van der Waals surface area contributed by atoms with Gasteiger partial charge in [-0.05, 0) is 12.8 Å². The summed E-state index contributed by atoms with van der Waals surface area (Å²) in [6.07, 6.45) is 3.90. The van der Waals surface area contributed by atoms with Crippen LogP contribution in [-0.4, -0.2) is 27.4 Å². The lowest BCUT2D eigenvalue weighted by Crippen LogP contribution is -2.51. The minimum absolute atomic E-state index is 0.101. The number of nitrogens with zero attached hydrogens (tertiary/aromatic N) is 1. The Balaban J connectivity index is 2.13. The van der Waals surface area contributed by atoms with Crippen LogP contribution in [0.25, 0.3) is 0 Å². The highest BCUT2D eigenvalue weighted by molar-refractivity contribution is 7.13. The summed E-state index contributed by atoms with van der Waals surface area (Å²) in [6, 6.07) is 1.22. The molecule has 0 saturated heterocycles. The van der Waals surface area contributed by atoms with Crippen LogP contribution in [0.1, 0.15) is 48.9 Å². The molecule has 7 nitrogen and oxygen atoms in total. The van der Waals surface area contributed by atoms with Crippen LogP contribution in [0.5, 0.6) is 0 Å². The maximum atomic E-state index is 12.2. The second kappa shape index (κ2) is 6.21. The first-order chi connectivity index (χ1) is 9.92. The first-order valence-electron chi connectivity index (χ1n) is 6.69. The zero-order chi connectivity index (χ0) is 15.5. The van der Waals surface area contributed by atoms with Crippen molar-refractivity contribution in [1.29, 1.82) is 0 Å². The predicted molar refractivity (Wildman–Crippen MR) is 76.5 cm³/mol. The number of carbonyl (C=O) groups excluding carboxylic acids is 1. The molecule has 1 amide bonds. The van der Waals surface area contributed by atoms with Gasteiger partial charge in [-0.1, -0.05) is 30.6 Å². The van der Waals surface area contributed by atoms with Crippen LogP contribution in [0.3, 0.4) is 0 Å². The van der Waals surface area contributed by atoms with Crippen molar-refractivity contribution >= 4 is 28.2 Å². The van der Waals surface area contributed by atoms with Crippen LogP contribution in [0.4, 0.5) is 5.00 Å². The first kappa shape index (κ1) is 15.4. The maximum absolute atomic E-state index is 12.2. The van der Waals surface area contributed by atoms with Crippen molar-refractivity contribution in [2.24, 2.45) is 0 Å². The van der Waals surface area contributed by atoms with Gasteiger partial charge in [-0.15, -0.1) is 0 Å². The van der Waals surface area contributed by atoms with Crippen molar-refractivity contribution in [3.05, 3.63) is 27.1 Å². The highest BCUT2D eigenvalue weighted by Crippen LogP contribution is 2.32. The number of nitro groups is 1. The van der Waals surface area contributed by atoms with E-state index >= 15 is 0 Å². The third-order valence-electron chi connectivity index (χ3n) is 3.71. The molecule has 0 aliphatic heterocycles. The molecule has 1 aliphatic carbocycles. The maximum Gasteiger partial charge on any atom is 0.324 e. The molecule has 0 atom stereocenters. The fraction of sp³-hybridized carbons (Fsp3) is 0.538. The van der Waals surface area contributed by atoms with E-state index in [2.05, 4.69) is 5.32 Å². The SMILES string of the molecule is O=C(O)CC1(NC(=O)c2csc([N+](=O)[O-])c2)CCCCC1. The number of hydrogen-bond acceptors (Lipinski definition) is 5. The smallest absolute Gasteiger partial charge is 0.324 e. The molecule has 0 aromatic carbocycles. The molecule has 2 N–H and O–H groups in total. The van der Waals surface area contributed by atoms with E-state index in [4.69, 9.17) is 5.11 Å². The molecule has 114 valence electrons. The van der Waals surface area contributed by atoms with Gasteiger partial charge in [0.05, 0.1) is 22.4 Å². The van der Waals surface area contributed by atoms with E-state index < -0.39 is 22.3 Å². The zero-order valence-corrected chi connectivity index (χ0v) is 12.1. The highest BCUT2D eigenvalue weighted by Gasteiger charge is 2.36. The summed E-state index contributed by atoms with van der Waals surface area (Å²) in [7, 11) is 0. The lowest BCUT2D eigenvalue weighted by molar-refractivity contribution is -0.380. The van der Waals surface area contributed by atoms with E-state index in [9.17, 15) is 19.7 Å². The molecular weight excluding hydrogens is 296 g/mol. The number of amides is 1. The molecule has 1 aliphatic rings. The van der Waals surface area contributed by atoms with Crippen LogP contribution in [-0.2, 0) is 4.79 Å². The van der Waals surface area contributed by atoms with Crippen LogP contribution >= 0.6 is 11.3 Å². The summed E-state index contributed by atoms with van der Waals surface area (Å²) in [4.78, 5) is 33.4. The summed E-state index contributed by atoms with van der Waals surface area (Å²) in [5, 5.41) is 23.8. The van der Waals surface area contributed by atoms with E-state index in [-0.39, 0.29) is 17.0 Å². The Labute approximate surface area is 125 Å². The number of aliphatic carboxylic acids is 1. The monoisotopic (exact) mass is 312 g/mol. The van der Waals surface area contributed by atoms with Gasteiger partial charge >= 0.3 is 11.0 Å². The summed E-state index contributed by atoms with van der Waals surface area (Å²) in [5.41, 5.74) is -0.528. The molecule has 1 heterocycles. The van der Waals surface area contributed by atoms with Crippen LogP contribution in [0.2, 0.25) is 0 Å². The lowest BCUT2D eigenvalue weighted by Gasteiger charge is -2.36. The summed E-state index contributed by atoms with van der Waals surface area (Å²) in [5.74, 6) is -1.39. The van der Waals surface area contributed by atoms with Crippen LogP contribution in [0.15, 0.2) is 11.4 Å². The first-order valence-corrected chi connectivity index (χ1v) is 7.57. The topological polar surface area (TPSA) is 110 Å². The Bertz CT molecular complexity index is 563. The van der Waals surface area contributed by atoms with Gasteiger partial charge < -0.3 is 10.4 Å². The summed E-state index contributed by atoms with van der Waals surface area (Å²) >= 11 is 0.885. The van der Waals surface area contributed by atoms with Crippen molar-refractivity contribution in [3.63, 3.8) is 0 Å².